The van der Waals surface area contributed by atoms with Crippen molar-refractivity contribution in [3.05, 3.63) is 64.8 Å². The number of fused-ring (bicyclic) bond motifs is 1. The van der Waals surface area contributed by atoms with Crippen LogP contribution in [0, 0.1) is 6.92 Å². The van der Waals surface area contributed by atoms with Crippen LogP contribution in [-0.4, -0.2) is 33.9 Å². The number of nitrogens with zero attached hydrogens (tertiary/aromatic N) is 1. The number of aromatic nitrogens is 1. The molecule has 2 aromatic carbocycles. The number of aryl methyl sites for hydroxylation is 1. The van der Waals surface area contributed by atoms with Crippen molar-refractivity contribution in [3.8, 4) is 5.75 Å². The molecule has 7 nitrogen and oxygen atoms in total. The molecule has 0 saturated heterocycles. The molecule has 0 aliphatic carbocycles. The van der Waals surface area contributed by atoms with E-state index in [0.717, 1.165) is 11.1 Å². The Hall–Kier alpha value is -3.61. The van der Waals surface area contributed by atoms with Gasteiger partial charge in [0, 0.05) is 12.2 Å². The number of nitrogens with two attached hydrogens (primary N) is 1. The van der Waals surface area contributed by atoms with Crippen LogP contribution in [0.5, 0.6) is 5.75 Å². The minimum absolute atomic E-state index is 0.145. The highest BCUT2D eigenvalue weighted by Gasteiger charge is 2.27. The number of ether oxygens (including phenoxy) is 1. The van der Waals surface area contributed by atoms with Crippen LogP contribution in [0.25, 0.3) is 10.9 Å². The van der Waals surface area contributed by atoms with E-state index in [1.807, 2.05) is 47.9 Å². The van der Waals surface area contributed by atoms with Crippen LogP contribution in [0.15, 0.2) is 42.5 Å². The van der Waals surface area contributed by atoms with E-state index in [1.54, 1.807) is 13.0 Å². The van der Waals surface area contributed by atoms with Gasteiger partial charge in [0.05, 0.1) is 16.5 Å². The number of carboxylic acid groups (broad SMARTS) is 1. The number of ketones is 1. The maximum atomic E-state index is 12.6. The fourth-order valence-corrected chi connectivity index (χ4v) is 3.45. The van der Waals surface area contributed by atoms with Crippen LogP contribution in [0.4, 0.5) is 0 Å². The average Bonchev–Trinajstić information content (AvgIpc) is 2.97. The topological polar surface area (TPSA) is 112 Å². The number of carbonyl (C=O) groups excluding carboxylic acids is 2. The van der Waals surface area contributed by atoms with Crippen LogP contribution in [0.1, 0.15) is 34.1 Å². The average molecular weight is 394 g/mol. The molecule has 29 heavy (non-hydrogen) atoms. The highest BCUT2D eigenvalue weighted by atomic mass is 16.5. The van der Waals surface area contributed by atoms with Gasteiger partial charge in [-0.05, 0) is 36.6 Å². The first-order chi connectivity index (χ1) is 13.8. The van der Waals surface area contributed by atoms with E-state index in [9.17, 15) is 14.4 Å². The largest absolute Gasteiger partial charge is 0.481 e. The smallest absolute Gasteiger partial charge is 0.341 e. The predicted molar refractivity (Wildman–Crippen MR) is 108 cm³/mol. The lowest BCUT2D eigenvalue weighted by molar-refractivity contribution is -0.139. The highest BCUT2D eigenvalue weighted by molar-refractivity contribution is 6.45. The first-order valence-electron chi connectivity index (χ1n) is 9.21. The Morgan fingerprint density at radius 1 is 1.10 bits per heavy atom. The number of hydrogen-bond acceptors (Lipinski definition) is 4. The summed E-state index contributed by atoms with van der Waals surface area (Å²) in [6, 6.07) is 13.3. The summed E-state index contributed by atoms with van der Waals surface area (Å²) in [7, 11) is 0. The van der Waals surface area contributed by atoms with Crippen LogP contribution in [-0.2, 0) is 22.6 Å². The fourth-order valence-electron chi connectivity index (χ4n) is 3.45. The zero-order chi connectivity index (χ0) is 21.1. The number of amides is 1. The SMILES string of the molecule is CCc1cc(OCC(=O)O)c2c(C(=O)C(N)=O)c(C)n(Cc3ccccc3)c2c1. The van der Waals surface area contributed by atoms with Crippen LogP contribution < -0.4 is 10.5 Å². The summed E-state index contributed by atoms with van der Waals surface area (Å²) in [6.45, 7) is 3.62. The molecule has 3 aromatic rings. The maximum Gasteiger partial charge on any atom is 0.341 e. The Morgan fingerprint density at radius 2 is 1.79 bits per heavy atom. The lowest BCUT2D eigenvalue weighted by atomic mass is 10.0. The lowest BCUT2D eigenvalue weighted by Gasteiger charge is -2.11. The number of Topliss-reactive ketones (excluding diaryl/α,β-unsaturated/α-hetero) is 1. The summed E-state index contributed by atoms with van der Waals surface area (Å²) < 4.78 is 7.42. The van der Waals surface area contributed by atoms with Gasteiger partial charge >= 0.3 is 5.97 Å². The van der Waals surface area contributed by atoms with Gasteiger partial charge in [-0.1, -0.05) is 37.3 Å². The van der Waals surface area contributed by atoms with E-state index in [1.165, 1.54) is 0 Å². The minimum atomic E-state index is -1.14. The third kappa shape index (κ3) is 3.99. The van der Waals surface area contributed by atoms with Crippen molar-refractivity contribution < 1.29 is 24.2 Å². The summed E-state index contributed by atoms with van der Waals surface area (Å²) in [5.41, 5.74) is 8.62. The summed E-state index contributed by atoms with van der Waals surface area (Å²) in [4.78, 5) is 35.4. The van der Waals surface area contributed by atoms with Gasteiger partial charge in [-0.3, -0.25) is 9.59 Å². The maximum absolute atomic E-state index is 12.6. The molecule has 0 spiro atoms. The third-order valence-corrected chi connectivity index (χ3v) is 4.84. The van der Waals surface area contributed by atoms with Crippen molar-refractivity contribution in [1.82, 2.24) is 4.57 Å². The monoisotopic (exact) mass is 394 g/mol. The normalized spacial score (nSPS) is 10.8. The second kappa shape index (κ2) is 8.18. The summed E-state index contributed by atoms with van der Waals surface area (Å²) >= 11 is 0. The Labute approximate surface area is 167 Å². The van der Waals surface area contributed by atoms with Gasteiger partial charge in [-0.15, -0.1) is 0 Å². The summed E-state index contributed by atoms with van der Waals surface area (Å²) in [5.74, 6) is -2.79. The first-order valence-corrected chi connectivity index (χ1v) is 9.21. The van der Waals surface area contributed by atoms with Crippen molar-refractivity contribution in [2.24, 2.45) is 5.73 Å². The molecule has 0 unspecified atom stereocenters. The van der Waals surface area contributed by atoms with E-state index in [-0.39, 0.29) is 11.3 Å². The molecule has 0 radical (unpaired) electrons. The van der Waals surface area contributed by atoms with Crippen molar-refractivity contribution in [1.29, 1.82) is 0 Å². The van der Waals surface area contributed by atoms with Crippen LogP contribution in [0.3, 0.4) is 0 Å². The van der Waals surface area contributed by atoms with Gasteiger partial charge in [0.2, 0.25) is 0 Å². The number of primary amides is 1. The number of carbonyl (C=O) groups is 3. The predicted octanol–water partition coefficient (Wildman–Crippen LogP) is 2.69. The molecule has 1 heterocycles. The Morgan fingerprint density at radius 3 is 2.38 bits per heavy atom. The lowest BCUT2D eigenvalue weighted by Crippen LogP contribution is -2.24. The number of aliphatic carboxylic acids is 1. The van der Waals surface area contributed by atoms with E-state index in [4.69, 9.17) is 15.6 Å². The summed E-state index contributed by atoms with van der Waals surface area (Å²) in [6.07, 6.45) is 0.689. The molecule has 0 bridgehead atoms. The molecule has 1 amide bonds. The van der Waals surface area contributed by atoms with Gasteiger partial charge in [-0.25, -0.2) is 4.79 Å². The zero-order valence-corrected chi connectivity index (χ0v) is 16.3. The second-order valence-electron chi connectivity index (χ2n) is 6.75. The van der Waals surface area contributed by atoms with Gasteiger partial charge in [-0.2, -0.15) is 0 Å². The number of benzene rings is 2. The summed E-state index contributed by atoms with van der Waals surface area (Å²) in [5, 5.41) is 9.43. The molecule has 0 atom stereocenters. The Balaban J connectivity index is 2.31. The molecular formula is C22H22N2O5. The van der Waals surface area contributed by atoms with Gasteiger partial charge in [0.15, 0.2) is 6.61 Å². The second-order valence-corrected chi connectivity index (χ2v) is 6.75. The van der Waals surface area contributed by atoms with Gasteiger partial charge in [0.25, 0.3) is 11.7 Å². The van der Waals surface area contributed by atoms with Crippen LogP contribution in [0.2, 0.25) is 0 Å². The molecule has 7 heteroatoms. The van der Waals surface area contributed by atoms with Crippen molar-refractivity contribution in [3.63, 3.8) is 0 Å². The van der Waals surface area contributed by atoms with Crippen LogP contribution >= 0.6 is 0 Å². The molecule has 0 saturated carbocycles. The molecule has 3 N–H and O–H groups in total. The van der Waals surface area contributed by atoms with E-state index in [0.29, 0.717) is 29.6 Å². The van der Waals surface area contributed by atoms with Gasteiger partial charge in [0.1, 0.15) is 5.75 Å². The van der Waals surface area contributed by atoms with Crippen molar-refractivity contribution >= 4 is 28.6 Å². The van der Waals surface area contributed by atoms with E-state index < -0.39 is 24.3 Å². The number of rotatable bonds is 8. The molecule has 1 aromatic heterocycles. The number of carboxylic acids is 1. The molecule has 150 valence electrons. The third-order valence-electron chi connectivity index (χ3n) is 4.84. The van der Waals surface area contributed by atoms with E-state index >= 15 is 0 Å². The zero-order valence-electron chi connectivity index (χ0n) is 16.3. The molecule has 0 aliphatic rings. The molecule has 0 fully saturated rings. The standard InChI is InChI=1S/C22H22N2O5/c1-3-14-9-16-20(17(10-14)29-12-18(25)26)19(21(27)22(23)28)13(2)24(16)11-15-7-5-4-6-8-15/h4-10H,3,11-12H2,1-2H3,(H2,23,28)(H,25,26). The fraction of sp³-hybridized carbons (Fsp3) is 0.227. The van der Waals surface area contributed by atoms with Gasteiger partial charge < -0.3 is 20.1 Å². The van der Waals surface area contributed by atoms with Crippen molar-refractivity contribution in [2.45, 2.75) is 26.8 Å². The first kappa shape index (κ1) is 20.1. The number of hydrogen-bond donors (Lipinski definition) is 2. The van der Waals surface area contributed by atoms with E-state index in [2.05, 4.69) is 0 Å². The minimum Gasteiger partial charge on any atom is -0.481 e. The molecular weight excluding hydrogens is 372 g/mol. The Bertz CT molecular complexity index is 1100. The quantitative estimate of drug-likeness (QED) is 0.451. The molecule has 0 aliphatic heterocycles. The highest BCUT2D eigenvalue weighted by Crippen LogP contribution is 2.36. The molecule has 3 rings (SSSR count). The Kier molecular flexibility index (Phi) is 5.68. The van der Waals surface area contributed by atoms with Crippen molar-refractivity contribution in [2.75, 3.05) is 6.61 Å².